The third-order valence-corrected chi connectivity index (χ3v) is 5.02. The molecule has 0 aliphatic heterocycles. The zero-order valence-electron chi connectivity index (χ0n) is 11.4. The van der Waals surface area contributed by atoms with Gasteiger partial charge in [0.2, 0.25) is 0 Å². The van der Waals surface area contributed by atoms with Crippen LogP contribution in [0.4, 0.5) is 0 Å². The average molecular weight is 275 g/mol. The van der Waals surface area contributed by atoms with Gasteiger partial charge in [0.25, 0.3) is 0 Å². The molecule has 0 bridgehead atoms. The van der Waals surface area contributed by atoms with Gasteiger partial charge in [0.15, 0.2) is 0 Å². The summed E-state index contributed by atoms with van der Waals surface area (Å²) in [5.74, 6) is 0.467. The summed E-state index contributed by atoms with van der Waals surface area (Å²) in [6, 6.07) is 2.35. The van der Waals surface area contributed by atoms with Crippen molar-refractivity contribution in [1.29, 1.82) is 0 Å². The highest BCUT2D eigenvalue weighted by molar-refractivity contribution is 7.10. The van der Waals surface area contributed by atoms with Gasteiger partial charge in [-0.3, -0.25) is 4.68 Å². The summed E-state index contributed by atoms with van der Waals surface area (Å²) in [4.78, 5) is 1.53. The van der Waals surface area contributed by atoms with Crippen LogP contribution >= 0.6 is 11.3 Å². The Kier molecular flexibility index (Phi) is 3.71. The molecule has 1 aliphatic rings. The van der Waals surface area contributed by atoms with E-state index in [1.807, 2.05) is 22.2 Å². The first-order valence-electron chi connectivity index (χ1n) is 7.13. The van der Waals surface area contributed by atoms with E-state index in [1.54, 1.807) is 0 Å². The van der Waals surface area contributed by atoms with Crippen molar-refractivity contribution in [1.82, 2.24) is 9.78 Å². The molecule has 1 aliphatic carbocycles. The van der Waals surface area contributed by atoms with Crippen LogP contribution in [0.3, 0.4) is 0 Å². The molecule has 0 radical (unpaired) electrons. The van der Waals surface area contributed by atoms with Crippen molar-refractivity contribution in [2.24, 2.45) is 5.73 Å². The molecule has 0 fully saturated rings. The third kappa shape index (κ3) is 2.47. The Morgan fingerprint density at radius 3 is 3.32 bits per heavy atom. The second kappa shape index (κ2) is 5.47. The topological polar surface area (TPSA) is 43.8 Å². The largest absolute Gasteiger partial charge is 0.323 e. The normalized spacial score (nSPS) is 20.2. The van der Waals surface area contributed by atoms with E-state index in [0.717, 1.165) is 13.0 Å². The number of nitrogens with zero attached hydrogens (tertiary/aromatic N) is 2. The second-order valence-electron chi connectivity index (χ2n) is 5.36. The molecular formula is C15H21N3S. The fourth-order valence-electron chi connectivity index (χ4n) is 3.03. The zero-order chi connectivity index (χ0) is 13.2. The van der Waals surface area contributed by atoms with E-state index in [-0.39, 0.29) is 6.04 Å². The SMILES string of the molecule is CCCn1cc(C(N)C2CCCc3sccc32)cn1. The summed E-state index contributed by atoms with van der Waals surface area (Å²) in [5, 5.41) is 6.61. The molecule has 0 saturated heterocycles. The molecule has 3 nitrogen and oxygen atoms in total. The van der Waals surface area contributed by atoms with Crippen LogP contribution in [0.15, 0.2) is 23.8 Å². The average Bonchev–Trinajstić information content (AvgIpc) is 3.06. The van der Waals surface area contributed by atoms with Gasteiger partial charge in [-0.15, -0.1) is 11.3 Å². The molecule has 2 N–H and O–H groups in total. The van der Waals surface area contributed by atoms with Crippen LogP contribution in [-0.2, 0) is 13.0 Å². The summed E-state index contributed by atoms with van der Waals surface area (Å²) in [6.07, 6.45) is 8.86. The molecule has 2 aromatic rings. The lowest BCUT2D eigenvalue weighted by molar-refractivity contribution is 0.478. The second-order valence-corrected chi connectivity index (χ2v) is 6.36. The van der Waals surface area contributed by atoms with E-state index in [2.05, 4.69) is 29.7 Å². The first-order valence-corrected chi connectivity index (χ1v) is 8.01. The Morgan fingerprint density at radius 1 is 1.58 bits per heavy atom. The first-order chi connectivity index (χ1) is 9.29. The molecule has 2 unspecified atom stereocenters. The lowest BCUT2D eigenvalue weighted by atomic mass is 9.81. The molecule has 0 spiro atoms. The number of aromatic nitrogens is 2. The quantitative estimate of drug-likeness (QED) is 0.928. The lowest BCUT2D eigenvalue weighted by Gasteiger charge is -2.27. The van der Waals surface area contributed by atoms with Crippen molar-refractivity contribution < 1.29 is 0 Å². The minimum absolute atomic E-state index is 0.0826. The summed E-state index contributed by atoms with van der Waals surface area (Å²) >= 11 is 1.88. The van der Waals surface area contributed by atoms with Crippen LogP contribution in [0.2, 0.25) is 0 Å². The van der Waals surface area contributed by atoms with Crippen molar-refractivity contribution in [3.05, 3.63) is 39.8 Å². The van der Waals surface area contributed by atoms with Gasteiger partial charge in [-0.25, -0.2) is 0 Å². The molecule has 0 aromatic carbocycles. The fraction of sp³-hybridized carbons (Fsp3) is 0.533. The van der Waals surface area contributed by atoms with Crippen LogP contribution in [0.1, 0.15) is 54.1 Å². The smallest absolute Gasteiger partial charge is 0.0537 e. The van der Waals surface area contributed by atoms with Crippen LogP contribution < -0.4 is 5.73 Å². The molecular weight excluding hydrogens is 254 g/mol. The zero-order valence-corrected chi connectivity index (χ0v) is 12.2. The molecule has 0 amide bonds. The first kappa shape index (κ1) is 12.9. The number of thiophene rings is 1. The Labute approximate surface area is 118 Å². The molecule has 19 heavy (non-hydrogen) atoms. The fourth-order valence-corrected chi connectivity index (χ4v) is 4.03. The van der Waals surface area contributed by atoms with Gasteiger partial charge in [0.1, 0.15) is 0 Å². The molecule has 0 saturated carbocycles. The molecule has 2 aromatic heterocycles. The maximum atomic E-state index is 6.50. The van der Waals surface area contributed by atoms with Gasteiger partial charge >= 0.3 is 0 Å². The van der Waals surface area contributed by atoms with E-state index in [1.165, 1.54) is 35.3 Å². The molecule has 2 atom stereocenters. The standard InChI is InChI=1S/C15H21N3S/c1-2-7-18-10-11(9-17-18)15(16)13-4-3-5-14-12(13)6-8-19-14/h6,8-10,13,15H,2-5,7,16H2,1H3. The number of nitrogens with two attached hydrogens (primary N) is 1. The van der Waals surface area contributed by atoms with Gasteiger partial charge in [-0.05, 0) is 42.7 Å². The summed E-state index contributed by atoms with van der Waals surface area (Å²) in [6.45, 7) is 3.14. The van der Waals surface area contributed by atoms with Crippen molar-refractivity contribution in [3.63, 3.8) is 0 Å². The number of aryl methyl sites for hydroxylation is 2. The molecule has 4 heteroatoms. The Morgan fingerprint density at radius 2 is 2.47 bits per heavy atom. The Balaban J connectivity index is 1.82. The van der Waals surface area contributed by atoms with Crippen molar-refractivity contribution in [2.45, 2.75) is 51.1 Å². The number of fused-ring (bicyclic) bond motifs is 1. The van der Waals surface area contributed by atoms with E-state index in [0.29, 0.717) is 5.92 Å². The van der Waals surface area contributed by atoms with Gasteiger partial charge in [0, 0.05) is 35.1 Å². The number of rotatable bonds is 4. The van der Waals surface area contributed by atoms with E-state index in [9.17, 15) is 0 Å². The Hall–Kier alpha value is -1.13. The minimum Gasteiger partial charge on any atom is -0.323 e. The summed E-state index contributed by atoms with van der Waals surface area (Å²) < 4.78 is 2.01. The summed E-state index contributed by atoms with van der Waals surface area (Å²) in [7, 11) is 0. The third-order valence-electron chi connectivity index (χ3n) is 4.02. The van der Waals surface area contributed by atoms with E-state index >= 15 is 0 Å². The highest BCUT2D eigenvalue weighted by Gasteiger charge is 2.28. The molecule has 3 rings (SSSR count). The predicted molar refractivity (Wildman–Crippen MR) is 79.4 cm³/mol. The summed E-state index contributed by atoms with van der Waals surface area (Å²) in [5.41, 5.74) is 9.16. The molecule has 2 heterocycles. The highest BCUT2D eigenvalue weighted by atomic mass is 32.1. The van der Waals surface area contributed by atoms with Crippen molar-refractivity contribution in [3.8, 4) is 0 Å². The number of hydrogen-bond acceptors (Lipinski definition) is 3. The van der Waals surface area contributed by atoms with Crippen molar-refractivity contribution in [2.75, 3.05) is 0 Å². The monoisotopic (exact) mass is 275 g/mol. The Bertz CT molecular complexity index is 543. The lowest BCUT2D eigenvalue weighted by Crippen LogP contribution is -2.22. The van der Waals surface area contributed by atoms with E-state index < -0.39 is 0 Å². The van der Waals surface area contributed by atoms with E-state index in [4.69, 9.17) is 5.73 Å². The van der Waals surface area contributed by atoms with Crippen LogP contribution in [0.25, 0.3) is 0 Å². The van der Waals surface area contributed by atoms with Gasteiger partial charge in [-0.1, -0.05) is 6.92 Å². The van der Waals surface area contributed by atoms with Gasteiger partial charge in [0.05, 0.1) is 6.20 Å². The van der Waals surface area contributed by atoms with Gasteiger partial charge < -0.3 is 5.73 Å². The predicted octanol–water partition coefficient (Wildman–Crippen LogP) is 3.47. The van der Waals surface area contributed by atoms with Gasteiger partial charge in [-0.2, -0.15) is 5.10 Å². The van der Waals surface area contributed by atoms with Crippen LogP contribution in [0.5, 0.6) is 0 Å². The van der Waals surface area contributed by atoms with Crippen LogP contribution in [-0.4, -0.2) is 9.78 Å². The maximum absolute atomic E-state index is 6.50. The maximum Gasteiger partial charge on any atom is 0.0537 e. The highest BCUT2D eigenvalue weighted by Crippen LogP contribution is 2.41. The van der Waals surface area contributed by atoms with Crippen LogP contribution in [0, 0.1) is 0 Å². The van der Waals surface area contributed by atoms with Crippen molar-refractivity contribution >= 4 is 11.3 Å². The minimum atomic E-state index is 0.0826. The molecule has 102 valence electrons. The number of hydrogen-bond donors (Lipinski definition) is 1.